The average Bonchev–Trinajstić information content (AvgIpc) is 3.09. The zero-order valence-electron chi connectivity index (χ0n) is 18.5. The third kappa shape index (κ3) is 4.37. The number of fused-ring (bicyclic) bond motifs is 1. The Morgan fingerprint density at radius 1 is 1.16 bits per heavy atom. The van der Waals surface area contributed by atoms with Crippen LogP contribution in [0.25, 0.3) is 11.8 Å². The molecule has 4 rings (SSSR count). The largest absolute Gasteiger partial charge is 0.486 e. The SMILES string of the molecule is CCN(Cc1cccc2c1OCCO2)C(=O)/C=C/c1c(C)nn(-c2ccc(F)cc2)c1C. The van der Waals surface area contributed by atoms with Gasteiger partial charge in [-0.15, -0.1) is 0 Å². The summed E-state index contributed by atoms with van der Waals surface area (Å²) in [6.07, 6.45) is 3.37. The Balaban J connectivity index is 1.53. The standard InChI is InChI=1S/C25H26FN3O3/c1-4-28(16-19-6-5-7-23-25(19)32-15-14-31-23)24(30)13-12-22-17(2)27-29(18(22)3)21-10-8-20(26)9-11-21/h5-13H,4,14-16H2,1-3H3/b13-12+. The minimum absolute atomic E-state index is 0.102. The highest BCUT2D eigenvalue weighted by Gasteiger charge is 2.19. The van der Waals surface area contributed by atoms with Gasteiger partial charge in [-0.2, -0.15) is 5.10 Å². The molecule has 0 saturated carbocycles. The molecule has 0 fully saturated rings. The summed E-state index contributed by atoms with van der Waals surface area (Å²) < 4.78 is 26.4. The van der Waals surface area contributed by atoms with E-state index in [4.69, 9.17) is 9.47 Å². The predicted octanol–water partition coefficient (Wildman–Crippen LogP) is 4.46. The van der Waals surface area contributed by atoms with Crippen molar-refractivity contribution in [1.29, 1.82) is 0 Å². The highest BCUT2D eigenvalue weighted by atomic mass is 19.1. The number of amides is 1. The van der Waals surface area contributed by atoms with E-state index in [1.807, 2.05) is 39.0 Å². The Morgan fingerprint density at radius 3 is 2.66 bits per heavy atom. The van der Waals surface area contributed by atoms with Crippen LogP contribution in [-0.4, -0.2) is 40.3 Å². The molecule has 1 aromatic heterocycles. The van der Waals surface area contributed by atoms with Crippen molar-refractivity contribution in [1.82, 2.24) is 14.7 Å². The van der Waals surface area contributed by atoms with Gasteiger partial charge in [0.05, 0.1) is 11.4 Å². The summed E-state index contributed by atoms with van der Waals surface area (Å²) in [4.78, 5) is 14.7. The molecule has 0 unspecified atom stereocenters. The fraction of sp³-hybridized carbons (Fsp3) is 0.280. The molecule has 166 valence electrons. The molecule has 1 amide bonds. The molecule has 0 bridgehead atoms. The number of hydrogen-bond acceptors (Lipinski definition) is 4. The molecule has 3 aromatic rings. The molecular formula is C25H26FN3O3. The molecular weight excluding hydrogens is 409 g/mol. The van der Waals surface area contributed by atoms with E-state index in [1.165, 1.54) is 12.1 Å². The molecule has 2 aromatic carbocycles. The van der Waals surface area contributed by atoms with E-state index in [0.717, 1.165) is 28.2 Å². The van der Waals surface area contributed by atoms with Gasteiger partial charge in [-0.3, -0.25) is 4.79 Å². The monoisotopic (exact) mass is 435 g/mol. The first-order valence-electron chi connectivity index (χ1n) is 10.6. The molecule has 32 heavy (non-hydrogen) atoms. The molecule has 0 radical (unpaired) electrons. The number of hydrogen-bond donors (Lipinski definition) is 0. The summed E-state index contributed by atoms with van der Waals surface area (Å²) in [5, 5.41) is 4.56. The van der Waals surface area contributed by atoms with Crippen LogP contribution in [0.2, 0.25) is 0 Å². The van der Waals surface area contributed by atoms with E-state index in [0.29, 0.717) is 37.8 Å². The summed E-state index contributed by atoms with van der Waals surface area (Å²) >= 11 is 0. The van der Waals surface area contributed by atoms with E-state index in [9.17, 15) is 9.18 Å². The van der Waals surface area contributed by atoms with Gasteiger partial charge in [-0.05, 0) is 57.2 Å². The lowest BCUT2D eigenvalue weighted by Gasteiger charge is -2.24. The third-order valence-corrected chi connectivity index (χ3v) is 5.51. The number of aryl methyl sites for hydroxylation is 1. The van der Waals surface area contributed by atoms with Crippen molar-refractivity contribution in [2.24, 2.45) is 0 Å². The quantitative estimate of drug-likeness (QED) is 0.537. The van der Waals surface area contributed by atoms with Crippen LogP contribution in [0.3, 0.4) is 0 Å². The van der Waals surface area contributed by atoms with Gasteiger partial charge in [0.15, 0.2) is 11.5 Å². The van der Waals surface area contributed by atoms with Crippen LogP contribution in [0.5, 0.6) is 11.5 Å². The molecule has 0 aliphatic carbocycles. The maximum atomic E-state index is 13.3. The summed E-state index contributed by atoms with van der Waals surface area (Å²) in [6.45, 7) is 7.78. The number of rotatable bonds is 6. The Morgan fingerprint density at radius 2 is 1.91 bits per heavy atom. The fourth-order valence-electron chi connectivity index (χ4n) is 3.80. The van der Waals surface area contributed by atoms with Gasteiger partial charge in [0.25, 0.3) is 0 Å². The lowest BCUT2D eigenvalue weighted by atomic mass is 10.1. The molecule has 6 nitrogen and oxygen atoms in total. The Bertz CT molecular complexity index is 1150. The number of para-hydroxylation sites is 1. The lowest BCUT2D eigenvalue weighted by molar-refractivity contribution is -0.126. The second-order valence-corrected chi connectivity index (χ2v) is 7.60. The maximum Gasteiger partial charge on any atom is 0.246 e. The highest BCUT2D eigenvalue weighted by Crippen LogP contribution is 2.34. The van der Waals surface area contributed by atoms with Crippen molar-refractivity contribution in [2.75, 3.05) is 19.8 Å². The van der Waals surface area contributed by atoms with Crippen molar-refractivity contribution in [3.8, 4) is 17.2 Å². The number of aromatic nitrogens is 2. The van der Waals surface area contributed by atoms with Crippen LogP contribution in [0.4, 0.5) is 4.39 Å². The van der Waals surface area contributed by atoms with E-state index in [1.54, 1.807) is 33.9 Å². The number of carbonyl (C=O) groups excluding carboxylic acids is 1. The molecule has 0 saturated heterocycles. The minimum Gasteiger partial charge on any atom is -0.486 e. The van der Waals surface area contributed by atoms with Crippen LogP contribution < -0.4 is 9.47 Å². The molecule has 1 aliphatic rings. The summed E-state index contributed by atoms with van der Waals surface area (Å²) in [5.41, 5.74) is 4.23. The first-order valence-corrected chi connectivity index (χ1v) is 10.6. The number of carbonyl (C=O) groups is 1. The number of benzene rings is 2. The van der Waals surface area contributed by atoms with Crippen LogP contribution >= 0.6 is 0 Å². The molecule has 0 spiro atoms. The summed E-state index contributed by atoms with van der Waals surface area (Å²) in [7, 11) is 0. The summed E-state index contributed by atoms with van der Waals surface area (Å²) in [6, 6.07) is 11.9. The molecule has 7 heteroatoms. The van der Waals surface area contributed by atoms with Crippen molar-refractivity contribution >= 4 is 12.0 Å². The second kappa shape index (κ2) is 9.26. The Kier molecular flexibility index (Phi) is 6.25. The first-order chi connectivity index (χ1) is 15.5. The third-order valence-electron chi connectivity index (χ3n) is 5.51. The second-order valence-electron chi connectivity index (χ2n) is 7.60. The maximum absolute atomic E-state index is 13.3. The predicted molar refractivity (Wildman–Crippen MR) is 121 cm³/mol. The molecule has 2 heterocycles. The van der Waals surface area contributed by atoms with Crippen LogP contribution in [-0.2, 0) is 11.3 Å². The normalized spacial score (nSPS) is 12.9. The zero-order chi connectivity index (χ0) is 22.7. The van der Waals surface area contributed by atoms with E-state index < -0.39 is 0 Å². The lowest BCUT2D eigenvalue weighted by Crippen LogP contribution is -2.29. The van der Waals surface area contributed by atoms with Crippen molar-refractivity contribution in [3.05, 3.63) is 76.9 Å². The minimum atomic E-state index is -0.294. The number of nitrogens with zero attached hydrogens (tertiary/aromatic N) is 3. The van der Waals surface area contributed by atoms with Gasteiger partial charge in [-0.25, -0.2) is 9.07 Å². The highest BCUT2D eigenvalue weighted by molar-refractivity contribution is 5.92. The summed E-state index contributed by atoms with van der Waals surface area (Å²) in [5.74, 6) is 1.03. The van der Waals surface area contributed by atoms with E-state index in [-0.39, 0.29) is 11.7 Å². The van der Waals surface area contributed by atoms with Gasteiger partial charge in [0, 0.05) is 36.0 Å². The Labute approximate surface area is 186 Å². The topological polar surface area (TPSA) is 56.6 Å². The number of likely N-dealkylation sites (N-methyl/N-ethyl adjacent to an activating group) is 1. The fourth-order valence-corrected chi connectivity index (χ4v) is 3.80. The van der Waals surface area contributed by atoms with Gasteiger partial charge in [-0.1, -0.05) is 12.1 Å². The van der Waals surface area contributed by atoms with Crippen LogP contribution in [0, 0.1) is 19.7 Å². The van der Waals surface area contributed by atoms with Crippen LogP contribution in [0.1, 0.15) is 29.4 Å². The van der Waals surface area contributed by atoms with Crippen molar-refractivity contribution in [3.63, 3.8) is 0 Å². The van der Waals surface area contributed by atoms with Crippen molar-refractivity contribution < 1.29 is 18.7 Å². The van der Waals surface area contributed by atoms with Crippen molar-refractivity contribution in [2.45, 2.75) is 27.3 Å². The zero-order valence-corrected chi connectivity index (χ0v) is 18.5. The van der Waals surface area contributed by atoms with Crippen LogP contribution in [0.15, 0.2) is 48.5 Å². The number of ether oxygens (including phenoxy) is 2. The van der Waals surface area contributed by atoms with E-state index in [2.05, 4.69) is 5.10 Å². The van der Waals surface area contributed by atoms with Gasteiger partial charge in [0.2, 0.25) is 5.91 Å². The van der Waals surface area contributed by atoms with Gasteiger partial charge < -0.3 is 14.4 Å². The van der Waals surface area contributed by atoms with Gasteiger partial charge in [0.1, 0.15) is 19.0 Å². The molecule has 1 aliphatic heterocycles. The molecule has 0 N–H and O–H groups in total. The van der Waals surface area contributed by atoms with Gasteiger partial charge >= 0.3 is 0 Å². The number of halogens is 1. The average molecular weight is 435 g/mol. The van der Waals surface area contributed by atoms with E-state index >= 15 is 0 Å². The Hall–Kier alpha value is -3.61. The molecule has 0 atom stereocenters. The first kappa shape index (κ1) is 21.6. The smallest absolute Gasteiger partial charge is 0.246 e.